The van der Waals surface area contributed by atoms with Gasteiger partial charge in [-0.05, 0) is 22.8 Å². The third-order valence-electron chi connectivity index (χ3n) is 4.30. The molecule has 0 bridgehead atoms. The number of carbonyl (C=O) groups is 1. The van der Waals surface area contributed by atoms with Crippen molar-refractivity contribution < 1.29 is 9.90 Å². The number of rotatable bonds is 2. The molecule has 0 saturated heterocycles. The second kappa shape index (κ2) is 5.07. The summed E-state index contributed by atoms with van der Waals surface area (Å²) in [5.41, 5.74) is 2.34. The Morgan fingerprint density at radius 3 is 2.09 bits per heavy atom. The first-order valence-corrected chi connectivity index (χ1v) is 7.49. The van der Waals surface area contributed by atoms with Gasteiger partial charge in [0.25, 0.3) is 5.91 Å². The molecule has 1 heterocycles. The molecular formula is C20H15NO2. The second-order valence-electron chi connectivity index (χ2n) is 5.65. The highest BCUT2D eigenvalue weighted by atomic mass is 16.3. The van der Waals surface area contributed by atoms with E-state index in [1.807, 2.05) is 66.7 Å². The van der Waals surface area contributed by atoms with Crippen molar-refractivity contribution in [3.8, 4) is 11.1 Å². The van der Waals surface area contributed by atoms with Crippen molar-refractivity contribution in [2.24, 2.45) is 0 Å². The molecule has 0 fully saturated rings. The summed E-state index contributed by atoms with van der Waals surface area (Å²) in [6.07, 6.45) is 0. The van der Waals surface area contributed by atoms with E-state index in [4.69, 9.17) is 0 Å². The third-order valence-corrected chi connectivity index (χ3v) is 4.30. The molecule has 1 amide bonds. The Morgan fingerprint density at radius 2 is 1.35 bits per heavy atom. The van der Waals surface area contributed by atoms with Crippen molar-refractivity contribution in [3.05, 3.63) is 90.0 Å². The number of nitrogens with one attached hydrogen (secondary N) is 1. The quantitative estimate of drug-likeness (QED) is 0.760. The number of carbonyl (C=O) groups excluding carboxylic acids is 1. The average Bonchev–Trinajstić information content (AvgIpc) is 2.88. The number of benzene rings is 3. The number of anilines is 1. The molecule has 3 nitrogen and oxygen atoms in total. The zero-order chi connectivity index (χ0) is 15.9. The third kappa shape index (κ3) is 2.05. The van der Waals surface area contributed by atoms with Crippen molar-refractivity contribution >= 4 is 11.6 Å². The fourth-order valence-electron chi connectivity index (χ4n) is 3.06. The van der Waals surface area contributed by atoms with Crippen LogP contribution in [0.25, 0.3) is 11.1 Å². The molecule has 0 saturated carbocycles. The molecular weight excluding hydrogens is 286 g/mol. The monoisotopic (exact) mass is 301 g/mol. The van der Waals surface area contributed by atoms with Crippen LogP contribution < -0.4 is 5.32 Å². The van der Waals surface area contributed by atoms with E-state index in [1.54, 1.807) is 12.1 Å². The maximum atomic E-state index is 12.3. The van der Waals surface area contributed by atoms with E-state index in [2.05, 4.69) is 5.32 Å². The van der Waals surface area contributed by atoms with Gasteiger partial charge in [-0.15, -0.1) is 0 Å². The molecule has 1 atom stereocenters. The van der Waals surface area contributed by atoms with Gasteiger partial charge in [0.1, 0.15) is 0 Å². The van der Waals surface area contributed by atoms with Gasteiger partial charge in [0.15, 0.2) is 5.60 Å². The summed E-state index contributed by atoms with van der Waals surface area (Å²) in [4.78, 5) is 12.3. The van der Waals surface area contributed by atoms with Crippen molar-refractivity contribution in [2.45, 2.75) is 5.60 Å². The maximum Gasteiger partial charge on any atom is 0.265 e. The summed E-state index contributed by atoms with van der Waals surface area (Å²) in [5.74, 6) is -0.411. The largest absolute Gasteiger partial charge is 0.372 e. The summed E-state index contributed by atoms with van der Waals surface area (Å²) in [6.45, 7) is 0. The van der Waals surface area contributed by atoms with Gasteiger partial charge < -0.3 is 10.4 Å². The Labute approximate surface area is 134 Å². The molecule has 4 rings (SSSR count). The van der Waals surface area contributed by atoms with Crippen LogP contribution in [0.5, 0.6) is 0 Å². The van der Waals surface area contributed by atoms with Gasteiger partial charge in [-0.25, -0.2) is 0 Å². The molecule has 3 heteroatoms. The zero-order valence-corrected chi connectivity index (χ0v) is 12.4. The SMILES string of the molecule is O=C1Nc2ccccc2C1(O)c1ccc(-c2ccccc2)cc1. The van der Waals surface area contributed by atoms with Gasteiger partial charge in [0.2, 0.25) is 0 Å². The van der Waals surface area contributed by atoms with E-state index in [1.165, 1.54) is 0 Å². The number of amides is 1. The molecule has 3 aromatic rings. The standard InChI is InChI=1S/C20H15NO2/c22-19-20(23,17-8-4-5-9-18(17)21-19)16-12-10-15(11-13-16)14-6-2-1-3-7-14/h1-13,23H,(H,21,22). The van der Waals surface area contributed by atoms with Gasteiger partial charge >= 0.3 is 0 Å². The van der Waals surface area contributed by atoms with Crippen molar-refractivity contribution in [2.75, 3.05) is 5.32 Å². The first-order chi connectivity index (χ1) is 11.2. The number of hydrogen-bond acceptors (Lipinski definition) is 2. The van der Waals surface area contributed by atoms with Crippen LogP contribution >= 0.6 is 0 Å². The molecule has 112 valence electrons. The molecule has 1 aliphatic heterocycles. The molecule has 23 heavy (non-hydrogen) atoms. The van der Waals surface area contributed by atoms with Crippen molar-refractivity contribution in [3.63, 3.8) is 0 Å². The van der Waals surface area contributed by atoms with E-state index < -0.39 is 11.5 Å². The van der Waals surface area contributed by atoms with Gasteiger partial charge in [-0.2, -0.15) is 0 Å². The Hall–Kier alpha value is -2.91. The van der Waals surface area contributed by atoms with Crippen LogP contribution in [-0.4, -0.2) is 11.0 Å². The minimum Gasteiger partial charge on any atom is -0.372 e. The van der Waals surface area contributed by atoms with E-state index in [0.717, 1.165) is 11.1 Å². The van der Waals surface area contributed by atoms with Crippen molar-refractivity contribution in [1.29, 1.82) is 0 Å². The Balaban J connectivity index is 1.78. The molecule has 0 aliphatic carbocycles. The average molecular weight is 301 g/mol. The Kier molecular flexibility index (Phi) is 3.03. The smallest absolute Gasteiger partial charge is 0.265 e. The Morgan fingerprint density at radius 1 is 0.739 bits per heavy atom. The van der Waals surface area contributed by atoms with Gasteiger partial charge in [-0.1, -0.05) is 72.8 Å². The van der Waals surface area contributed by atoms with Crippen LogP contribution in [0.1, 0.15) is 11.1 Å². The molecule has 1 unspecified atom stereocenters. The van der Waals surface area contributed by atoms with E-state index in [-0.39, 0.29) is 0 Å². The lowest BCUT2D eigenvalue weighted by atomic mass is 9.87. The van der Waals surface area contributed by atoms with Crippen molar-refractivity contribution in [1.82, 2.24) is 0 Å². The normalized spacial score (nSPS) is 19.3. The highest BCUT2D eigenvalue weighted by molar-refractivity contribution is 6.07. The zero-order valence-electron chi connectivity index (χ0n) is 12.4. The van der Waals surface area contributed by atoms with Gasteiger partial charge in [0.05, 0.1) is 0 Å². The van der Waals surface area contributed by atoms with Crippen LogP contribution in [0.4, 0.5) is 5.69 Å². The second-order valence-corrected chi connectivity index (χ2v) is 5.65. The summed E-state index contributed by atoms with van der Waals surface area (Å²) in [6, 6.07) is 24.7. The van der Waals surface area contributed by atoms with Crippen LogP contribution in [0.3, 0.4) is 0 Å². The Bertz CT molecular complexity index is 872. The first-order valence-electron chi connectivity index (χ1n) is 7.49. The van der Waals surface area contributed by atoms with Gasteiger partial charge in [-0.3, -0.25) is 4.79 Å². The fraction of sp³-hybridized carbons (Fsp3) is 0.0500. The summed E-state index contributed by atoms with van der Waals surface area (Å²) < 4.78 is 0. The highest BCUT2D eigenvalue weighted by Gasteiger charge is 2.46. The molecule has 1 aliphatic rings. The van der Waals surface area contributed by atoms with Crippen LogP contribution in [-0.2, 0) is 10.4 Å². The van der Waals surface area contributed by atoms with Crippen LogP contribution in [0.2, 0.25) is 0 Å². The summed E-state index contributed by atoms with van der Waals surface area (Å²) in [5, 5.41) is 13.8. The van der Waals surface area contributed by atoms with Crippen LogP contribution in [0, 0.1) is 0 Å². The predicted molar refractivity (Wildman–Crippen MR) is 89.9 cm³/mol. The lowest BCUT2D eigenvalue weighted by Gasteiger charge is -2.21. The maximum absolute atomic E-state index is 12.3. The van der Waals surface area contributed by atoms with E-state index in [0.29, 0.717) is 16.8 Å². The molecule has 0 spiro atoms. The summed E-state index contributed by atoms with van der Waals surface area (Å²) in [7, 11) is 0. The van der Waals surface area contributed by atoms with Gasteiger partial charge in [0, 0.05) is 11.3 Å². The minimum absolute atomic E-state index is 0.411. The number of fused-ring (bicyclic) bond motifs is 1. The number of aliphatic hydroxyl groups is 1. The summed E-state index contributed by atoms with van der Waals surface area (Å²) >= 11 is 0. The fourth-order valence-corrected chi connectivity index (χ4v) is 3.06. The molecule has 0 radical (unpaired) electrons. The predicted octanol–water partition coefficient (Wildman–Crippen LogP) is 3.54. The number of hydrogen-bond donors (Lipinski definition) is 2. The number of para-hydroxylation sites is 1. The molecule has 2 N–H and O–H groups in total. The topological polar surface area (TPSA) is 49.3 Å². The van der Waals surface area contributed by atoms with E-state index >= 15 is 0 Å². The lowest BCUT2D eigenvalue weighted by Crippen LogP contribution is -2.35. The van der Waals surface area contributed by atoms with Crippen LogP contribution in [0.15, 0.2) is 78.9 Å². The van der Waals surface area contributed by atoms with E-state index in [9.17, 15) is 9.90 Å². The first kappa shape index (κ1) is 13.7. The highest BCUT2D eigenvalue weighted by Crippen LogP contribution is 2.40. The minimum atomic E-state index is -1.63. The molecule has 3 aromatic carbocycles. The lowest BCUT2D eigenvalue weighted by molar-refractivity contribution is -0.129. The molecule has 0 aromatic heterocycles.